The second-order valence-corrected chi connectivity index (χ2v) is 15.2. The number of rotatable bonds is 1. The number of hydrogen-bond donors (Lipinski definition) is 3. The van der Waals surface area contributed by atoms with Gasteiger partial charge < -0.3 is 15.3 Å². The van der Waals surface area contributed by atoms with E-state index in [1.165, 1.54) is 5.57 Å². The first-order valence-corrected chi connectivity index (χ1v) is 13.9. The van der Waals surface area contributed by atoms with Crippen LogP contribution < -0.4 is 0 Å². The highest BCUT2D eigenvalue weighted by Gasteiger charge is 2.71. The highest BCUT2D eigenvalue weighted by molar-refractivity contribution is 5.77. The smallest absolute Gasteiger partial charge is 0.312 e. The molecule has 0 spiro atoms. The van der Waals surface area contributed by atoms with Crippen molar-refractivity contribution in [2.75, 3.05) is 0 Å². The molecule has 4 heteroatoms. The fraction of sp³-hybridized carbons (Fsp3) is 0.900. The topological polar surface area (TPSA) is 77.8 Å². The van der Waals surface area contributed by atoms with Gasteiger partial charge in [0.2, 0.25) is 0 Å². The van der Waals surface area contributed by atoms with Gasteiger partial charge >= 0.3 is 5.97 Å². The van der Waals surface area contributed by atoms with Gasteiger partial charge in [-0.25, -0.2) is 0 Å². The van der Waals surface area contributed by atoms with Crippen LogP contribution in [0.5, 0.6) is 0 Å². The van der Waals surface area contributed by atoms with Gasteiger partial charge in [-0.05, 0) is 103 Å². The summed E-state index contributed by atoms with van der Waals surface area (Å²) in [4.78, 5) is 12.8. The maximum Gasteiger partial charge on any atom is 0.312 e. The zero-order chi connectivity index (χ0) is 25.1. The summed E-state index contributed by atoms with van der Waals surface area (Å²) in [5.74, 6) is 0.0888. The minimum atomic E-state index is -1.04. The van der Waals surface area contributed by atoms with Gasteiger partial charge in [-0.1, -0.05) is 60.1 Å². The molecule has 0 bridgehead atoms. The molecule has 4 saturated carbocycles. The van der Waals surface area contributed by atoms with Crippen LogP contribution >= 0.6 is 0 Å². The first-order chi connectivity index (χ1) is 15.6. The fourth-order valence-electron chi connectivity index (χ4n) is 10.7. The summed E-state index contributed by atoms with van der Waals surface area (Å²) in [7, 11) is 0. The molecule has 0 amide bonds. The second kappa shape index (κ2) is 7.12. The number of fused-ring (bicyclic) bond motifs is 7. The Morgan fingerprint density at radius 3 is 2.18 bits per heavy atom. The van der Waals surface area contributed by atoms with Crippen LogP contribution in [0.25, 0.3) is 0 Å². The van der Waals surface area contributed by atoms with E-state index in [1.807, 2.05) is 0 Å². The average molecular weight is 473 g/mol. The monoisotopic (exact) mass is 472 g/mol. The normalized spacial score (nSPS) is 53.4. The van der Waals surface area contributed by atoms with E-state index < -0.39 is 17.5 Å². The fourth-order valence-corrected chi connectivity index (χ4v) is 10.7. The molecule has 4 nitrogen and oxygen atoms in total. The van der Waals surface area contributed by atoms with Crippen molar-refractivity contribution in [3.8, 4) is 0 Å². The highest BCUT2D eigenvalue weighted by atomic mass is 16.4. The number of hydrogen-bond acceptors (Lipinski definition) is 3. The molecule has 9 atom stereocenters. The van der Waals surface area contributed by atoms with Crippen molar-refractivity contribution in [1.29, 1.82) is 0 Å². The third kappa shape index (κ3) is 2.82. The summed E-state index contributed by atoms with van der Waals surface area (Å²) in [5.41, 5.74) is 0.295. The molecule has 0 aliphatic heterocycles. The highest BCUT2D eigenvalue weighted by Crippen LogP contribution is 2.75. The lowest BCUT2D eigenvalue weighted by Crippen LogP contribution is -2.67. The SMILES string of the molecule is CC1(C)CC[C@]2(C(=O)O)C(O)C[C@]3(C)C(=CC[C@@H]4[C@@]5(C)CC[C@H](O)C(C)(C)[C@@H]5CC[C@]43C)[C@@H]2C1. The Balaban J connectivity index is 1.63. The van der Waals surface area contributed by atoms with E-state index in [0.29, 0.717) is 24.7 Å². The lowest BCUT2D eigenvalue weighted by molar-refractivity contribution is -0.218. The number of aliphatic carboxylic acids is 1. The number of allylic oxidation sites excluding steroid dienone is 2. The molecule has 0 aromatic carbocycles. The molecule has 0 aromatic rings. The third-order valence-electron chi connectivity index (χ3n) is 13.1. The van der Waals surface area contributed by atoms with Gasteiger partial charge in [0.05, 0.1) is 12.2 Å². The molecule has 0 radical (unpaired) electrons. The number of carboxylic acid groups (broad SMARTS) is 1. The first kappa shape index (κ1) is 24.8. The molecule has 0 heterocycles. The van der Waals surface area contributed by atoms with Gasteiger partial charge in [-0.3, -0.25) is 4.79 Å². The van der Waals surface area contributed by atoms with Crippen molar-refractivity contribution in [1.82, 2.24) is 0 Å². The van der Waals surface area contributed by atoms with E-state index in [1.54, 1.807) is 0 Å². The average Bonchev–Trinajstić information content (AvgIpc) is 2.71. The van der Waals surface area contributed by atoms with Gasteiger partial charge in [-0.2, -0.15) is 0 Å². The molecular weight excluding hydrogens is 424 g/mol. The van der Waals surface area contributed by atoms with E-state index in [4.69, 9.17) is 0 Å². The summed E-state index contributed by atoms with van der Waals surface area (Å²) >= 11 is 0. The van der Waals surface area contributed by atoms with E-state index in [0.717, 1.165) is 44.9 Å². The number of carbonyl (C=O) groups is 1. The lowest BCUT2D eigenvalue weighted by atomic mass is 9.33. The van der Waals surface area contributed by atoms with Crippen LogP contribution in [0.3, 0.4) is 0 Å². The van der Waals surface area contributed by atoms with E-state index in [9.17, 15) is 20.1 Å². The quantitative estimate of drug-likeness (QED) is 0.397. The van der Waals surface area contributed by atoms with Crippen LogP contribution in [-0.2, 0) is 4.79 Å². The molecule has 3 N–H and O–H groups in total. The Hall–Kier alpha value is -0.870. The molecule has 1 unspecified atom stereocenters. The summed E-state index contributed by atoms with van der Waals surface area (Å²) in [6.07, 6.45) is 9.35. The Kier molecular flexibility index (Phi) is 5.20. The number of aliphatic hydroxyl groups is 2. The lowest BCUT2D eigenvalue weighted by Gasteiger charge is -2.71. The van der Waals surface area contributed by atoms with Crippen molar-refractivity contribution >= 4 is 5.97 Å². The van der Waals surface area contributed by atoms with Crippen molar-refractivity contribution in [2.24, 2.45) is 50.2 Å². The molecule has 0 saturated heterocycles. The van der Waals surface area contributed by atoms with E-state index in [2.05, 4.69) is 54.5 Å². The van der Waals surface area contributed by atoms with Crippen LogP contribution in [0.1, 0.15) is 106 Å². The molecule has 4 fully saturated rings. The summed E-state index contributed by atoms with van der Waals surface area (Å²) in [6, 6.07) is 0. The van der Waals surface area contributed by atoms with Crippen molar-refractivity contribution < 1.29 is 20.1 Å². The maximum atomic E-state index is 12.8. The zero-order valence-corrected chi connectivity index (χ0v) is 22.6. The summed E-state index contributed by atoms with van der Waals surface area (Å²) in [5, 5.41) is 33.1. The van der Waals surface area contributed by atoms with Crippen LogP contribution in [0.2, 0.25) is 0 Å². The largest absolute Gasteiger partial charge is 0.481 e. The standard InChI is InChI=1S/C30H48O4/c1-25(2)14-15-30(24(33)34)19(16-25)18-8-9-21-27(5)12-11-22(31)26(3,4)20(27)10-13-28(21,6)29(18,7)17-23(30)32/h8,19-23,31-32H,9-17H2,1-7H3,(H,33,34)/t19-,20-,21+,22-,23?,27-,28+,29+,30+/m0/s1. The number of aliphatic hydroxyl groups excluding tert-OH is 2. The molecule has 5 rings (SSSR count). The van der Waals surface area contributed by atoms with Crippen LogP contribution in [-0.4, -0.2) is 33.5 Å². The number of carboxylic acids is 1. The summed E-state index contributed by atoms with van der Waals surface area (Å²) < 4.78 is 0. The Bertz CT molecular complexity index is 919. The van der Waals surface area contributed by atoms with Gasteiger partial charge in [0.15, 0.2) is 0 Å². The Morgan fingerprint density at radius 2 is 1.53 bits per heavy atom. The molecule has 5 aliphatic rings. The van der Waals surface area contributed by atoms with Gasteiger partial charge in [0, 0.05) is 0 Å². The molecule has 0 aromatic heterocycles. The van der Waals surface area contributed by atoms with Gasteiger partial charge in [0.25, 0.3) is 0 Å². The molecule has 34 heavy (non-hydrogen) atoms. The third-order valence-corrected chi connectivity index (χ3v) is 13.1. The Labute approximate surface area is 206 Å². The summed E-state index contributed by atoms with van der Waals surface area (Å²) in [6.45, 7) is 16.4. The molecular formula is C30H48O4. The predicted molar refractivity (Wildman–Crippen MR) is 134 cm³/mol. The van der Waals surface area contributed by atoms with Gasteiger partial charge in [-0.15, -0.1) is 0 Å². The van der Waals surface area contributed by atoms with Crippen LogP contribution in [0.15, 0.2) is 11.6 Å². The van der Waals surface area contributed by atoms with Gasteiger partial charge in [0.1, 0.15) is 5.41 Å². The predicted octanol–water partition coefficient (Wildman–Crippen LogP) is 6.20. The minimum Gasteiger partial charge on any atom is -0.481 e. The molecule has 192 valence electrons. The van der Waals surface area contributed by atoms with Crippen LogP contribution in [0.4, 0.5) is 0 Å². The second-order valence-electron chi connectivity index (χ2n) is 15.2. The van der Waals surface area contributed by atoms with E-state index in [-0.39, 0.29) is 39.1 Å². The first-order valence-electron chi connectivity index (χ1n) is 13.9. The van der Waals surface area contributed by atoms with Crippen molar-refractivity contribution in [3.05, 3.63) is 11.6 Å². The zero-order valence-electron chi connectivity index (χ0n) is 22.6. The van der Waals surface area contributed by atoms with Crippen LogP contribution in [0, 0.1) is 50.2 Å². The van der Waals surface area contributed by atoms with Crippen molar-refractivity contribution in [2.45, 2.75) is 118 Å². The van der Waals surface area contributed by atoms with E-state index >= 15 is 0 Å². The maximum absolute atomic E-state index is 12.8. The Morgan fingerprint density at radius 1 is 0.853 bits per heavy atom. The molecule has 5 aliphatic carbocycles. The minimum absolute atomic E-state index is 0.0218. The van der Waals surface area contributed by atoms with Crippen molar-refractivity contribution in [3.63, 3.8) is 0 Å².